The SMILES string of the molecule is [18F]CCOC(=NC1CCCCC1)NC1CCCCC1. The smallest absolute Gasteiger partial charge is 0.285 e. The van der Waals surface area contributed by atoms with E-state index in [1.54, 1.807) is 0 Å². The number of nitrogens with zero attached hydrogens (tertiary/aromatic N) is 1. The Bertz CT molecular complexity index is 271. The van der Waals surface area contributed by atoms with E-state index >= 15 is 0 Å². The van der Waals surface area contributed by atoms with E-state index in [9.17, 15) is 4.39 Å². The van der Waals surface area contributed by atoms with Gasteiger partial charge in [0, 0.05) is 6.04 Å². The Labute approximate surface area is 116 Å². The highest BCUT2D eigenvalue weighted by atomic mass is 18.2. The number of halogens is 1. The Hall–Kier alpha value is -0.800. The van der Waals surface area contributed by atoms with Gasteiger partial charge in [0.25, 0.3) is 6.02 Å². The summed E-state index contributed by atoms with van der Waals surface area (Å²) in [5.41, 5.74) is 0. The molecule has 2 fully saturated rings. The Morgan fingerprint density at radius 1 is 1.00 bits per heavy atom. The molecule has 2 aliphatic carbocycles. The minimum Gasteiger partial charge on any atom is -0.463 e. The van der Waals surface area contributed by atoms with E-state index in [4.69, 9.17) is 4.74 Å². The molecule has 0 amide bonds. The van der Waals surface area contributed by atoms with Gasteiger partial charge < -0.3 is 10.1 Å². The standard InChI is InChI=1S/C15H27FN2O/c16-11-12-19-15(17-13-7-3-1-4-8-13)18-14-9-5-2-6-10-14/h13-14H,1-12H2,(H,17,18)/i16-1. The number of nitrogens with one attached hydrogen (secondary N) is 1. The number of aliphatic imine (C=N–C) groups is 1. The maximum absolute atomic E-state index is 12.3. The van der Waals surface area contributed by atoms with Crippen LogP contribution in [0.1, 0.15) is 64.2 Å². The van der Waals surface area contributed by atoms with Crippen LogP contribution in [0.2, 0.25) is 0 Å². The van der Waals surface area contributed by atoms with Gasteiger partial charge in [-0.05, 0) is 25.7 Å². The molecule has 2 rings (SSSR count). The zero-order valence-corrected chi connectivity index (χ0v) is 11.9. The summed E-state index contributed by atoms with van der Waals surface area (Å²) in [6, 6.07) is 1.44. The molecule has 1 N–H and O–H groups in total. The molecular weight excluding hydrogens is 242 g/mol. The van der Waals surface area contributed by atoms with Gasteiger partial charge in [0.05, 0.1) is 6.04 Å². The largest absolute Gasteiger partial charge is 0.463 e. The summed E-state index contributed by atoms with van der Waals surface area (Å²) in [5, 5.41) is 3.40. The van der Waals surface area contributed by atoms with Gasteiger partial charge in [0.1, 0.15) is 13.3 Å². The molecule has 0 unspecified atom stereocenters. The molecule has 0 spiro atoms. The molecule has 0 aromatic heterocycles. The molecule has 0 radical (unpaired) electrons. The Kier molecular flexibility index (Phi) is 6.45. The van der Waals surface area contributed by atoms with Crippen LogP contribution < -0.4 is 5.32 Å². The molecule has 4 heteroatoms. The van der Waals surface area contributed by atoms with E-state index in [2.05, 4.69) is 10.3 Å². The fraction of sp³-hybridized carbons (Fsp3) is 0.933. The lowest BCUT2D eigenvalue weighted by atomic mass is 9.95. The second kappa shape index (κ2) is 8.39. The lowest BCUT2D eigenvalue weighted by molar-refractivity contribution is 0.238. The first kappa shape index (κ1) is 14.6. The van der Waals surface area contributed by atoms with E-state index < -0.39 is 6.67 Å². The third-order valence-corrected chi connectivity index (χ3v) is 4.12. The van der Waals surface area contributed by atoms with Crippen LogP contribution in [-0.2, 0) is 4.74 Å². The van der Waals surface area contributed by atoms with E-state index in [1.165, 1.54) is 51.4 Å². The molecule has 2 saturated carbocycles. The maximum atomic E-state index is 12.3. The van der Waals surface area contributed by atoms with Crippen molar-refractivity contribution in [3.63, 3.8) is 0 Å². The second-order valence-electron chi connectivity index (χ2n) is 5.74. The van der Waals surface area contributed by atoms with E-state index in [1.807, 2.05) is 0 Å². The number of ether oxygens (including phenoxy) is 1. The van der Waals surface area contributed by atoms with E-state index in [0.29, 0.717) is 18.1 Å². The minimum atomic E-state index is -0.448. The van der Waals surface area contributed by atoms with Gasteiger partial charge >= 0.3 is 0 Å². The molecule has 0 saturated heterocycles. The number of alkyl halides is 1. The van der Waals surface area contributed by atoms with Crippen molar-refractivity contribution in [2.75, 3.05) is 13.3 Å². The molecule has 0 heterocycles. The summed E-state index contributed by atoms with van der Waals surface area (Å²) >= 11 is 0. The summed E-state index contributed by atoms with van der Waals surface area (Å²) in [7, 11) is 0. The maximum Gasteiger partial charge on any atom is 0.285 e. The molecule has 110 valence electrons. The monoisotopic (exact) mass is 269 g/mol. The van der Waals surface area contributed by atoms with E-state index in [-0.39, 0.29) is 6.61 Å². The minimum absolute atomic E-state index is 0.116. The summed E-state index contributed by atoms with van der Waals surface area (Å²) in [6.45, 7) is -0.332. The van der Waals surface area contributed by atoms with Gasteiger partial charge in [-0.1, -0.05) is 38.5 Å². The molecule has 0 aliphatic heterocycles. The van der Waals surface area contributed by atoms with Crippen LogP contribution in [0.15, 0.2) is 4.99 Å². The molecule has 3 nitrogen and oxygen atoms in total. The van der Waals surface area contributed by atoms with Crippen molar-refractivity contribution < 1.29 is 9.13 Å². The first-order valence-electron chi connectivity index (χ1n) is 7.91. The van der Waals surface area contributed by atoms with Crippen LogP contribution in [0.4, 0.5) is 4.39 Å². The quantitative estimate of drug-likeness (QED) is 0.625. The van der Waals surface area contributed by atoms with Crippen LogP contribution in [0.5, 0.6) is 0 Å². The molecule has 2 aliphatic rings. The lowest BCUT2D eigenvalue weighted by Gasteiger charge is -2.25. The van der Waals surface area contributed by atoms with Crippen LogP contribution in [0, 0.1) is 0 Å². The highest BCUT2D eigenvalue weighted by Gasteiger charge is 2.18. The van der Waals surface area contributed by atoms with Crippen molar-refractivity contribution >= 4 is 6.02 Å². The van der Waals surface area contributed by atoms with Crippen molar-refractivity contribution in [2.45, 2.75) is 76.3 Å². The van der Waals surface area contributed by atoms with Crippen LogP contribution >= 0.6 is 0 Å². The van der Waals surface area contributed by atoms with Gasteiger partial charge in [0.15, 0.2) is 0 Å². The first-order valence-corrected chi connectivity index (χ1v) is 7.91. The number of hydrogen-bond donors (Lipinski definition) is 1. The topological polar surface area (TPSA) is 33.6 Å². The van der Waals surface area contributed by atoms with Gasteiger partial charge in [-0.25, -0.2) is 9.38 Å². The average Bonchev–Trinajstić information content (AvgIpc) is 2.47. The predicted octanol–water partition coefficient (Wildman–Crippen LogP) is 3.58. The summed E-state index contributed by atoms with van der Waals surface area (Å²) in [4.78, 5) is 4.68. The van der Waals surface area contributed by atoms with Gasteiger partial charge in [-0.15, -0.1) is 0 Å². The van der Waals surface area contributed by atoms with Gasteiger partial charge in [-0.2, -0.15) is 0 Å². The zero-order valence-electron chi connectivity index (χ0n) is 11.9. The van der Waals surface area contributed by atoms with Crippen molar-refractivity contribution in [3.8, 4) is 0 Å². The third-order valence-electron chi connectivity index (χ3n) is 4.12. The summed E-state index contributed by atoms with van der Waals surface area (Å²) in [5.74, 6) is 0. The molecule has 0 aromatic rings. The molecule has 19 heavy (non-hydrogen) atoms. The second-order valence-corrected chi connectivity index (χ2v) is 5.74. The van der Waals surface area contributed by atoms with Crippen molar-refractivity contribution in [3.05, 3.63) is 0 Å². The predicted molar refractivity (Wildman–Crippen MR) is 76.2 cm³/mol. The van der Waals surface area contributed by atoms with Gasteiger partial charge in [0.2, 0.25) is 0 Å². The van der Waals surface area contributed by atoms with Gasteiger partial charge in [-0.3, -0.25) is 0 Å². The number of rotatable bonds is 4. The van der Waals surface area contributed by atoms with Crippen LogP contribution in [0.25, 0.3) is 0 Å². The molecule has 0 atom stereocenters. The Morgan fingerprint density at radius 2 is 1.63 bits per heavy atom. The fourth-order valence-electron chi connectivity index (χ4n) is 3.05. The number of amidine groups is 1. The molecule has 0 bridgehead atoms. The van der Waals surface area contributed by atoms with Crippen molar-refractivity contribution in [1.82, 2.24) is 5.32 Å². The zero-order chi connectivity index (χ0) is 13.3. The number of hydrogen-bond acceptors (Lipinski definition) is 2. The highest BCUT2D eigenvalue weighted by Crippen LogP contribution is 2.21. The van der Waals surface area contributed by atoms with Crippen LogP contribution in [0.3, 0.4) is 0 Å². The summed E-state index contributed by atoms with van der Waals surface area (Å²) < 4.78 is 17.8. The first-order chi connectivity index (χ1) is 9.38. The molecule has 0 aromatic carbocycles. The lowest BCUT2D eigenvalue weighted by Crippen LogP contribution is -2.39. The highest BCUT2D eigenvalue weighted by molar-refractivity contribution is 5.74. The van der Waals surface area contributed by atoms with Crippen molar-refractivity contribution in [1.29, 1.82) is 0 Å². The Balaban J connectivity index is 1.87. The summed E-state index contributed by atoms with van der Waals surface area (Å²) in [6.07, 6.45) is 12.4. The average molecular weight is 269 g/mol. The Morgan fingerprint density at radius 3 is 2.26 bits per heavy atom. The molecular formula is C15H27FN2O. The third kappa shape index (κ3) is 5.37. The fourth-order valence-corrected chi connectivity index (χ4v) is 3.05. The van der Waals surface area contributed by atoms with Crippen LogP contribution in [-0.4, -0.2) is 31.4 Å². The van der Waals surface area contributed by atoms with E-state index in [0.717, 1.165) is 12.8 Å². The van der Waals surface area contributed by atoms with Crippen molar-refractivity contribution in [2.24, 2.45) is 4.99 Å². The normalized spacial score (nSPS) is 23.3.